The quantitative estimate of drug-likeness (QED) is 0.142. The topological polar surface area (TPSA) is 81.1 Å². The van der Waals surface area contributed by atoms with Crippen LogP contribution in [0.1, 0.15) is 211 Å². The van der Waals surface area contributed by atoms with Gasteiger partial charge in [0.05, 0.1) is 99.7 Å². The van der Waals surface area contributed by atoms with Crippen molar-refractivity contribution < 1.29 is 0 Å². The summed E-state index contributed by atoms with van der Waals surface area (Å²) in [5, 5.41) is 16.5. The fourth-order valence-corrected chi connectivity index (χ4v) is 22.4. The lowest BCUT2D eigenvalue weighted by atomic mass is 9.85. The lowest BCUT2D eigenvalue weighted by molar-refractivity contribution is 0.590. The van der Waals surface area contributed by atoms with Crippen LogP contribution in [0.2, 0.25) is 0 Å². The van der Waals surface area contributed by atoms with Crippen LogP contribution in [0.5, 0.6) is 0 Å². The molecule has 0 fully saturated rings. The van der Waals surface area contributed by atoms with Gasteiger partial charge in [-0.3, -0.25) is 9.97 Å². The molecule has 692 valence electrons. The van der Waals surface area contributed by atoms with Crippen LogP contribution < -0.4 is 0 Å². The Morgan fingerprint density at radius 3 is 0.507 bits per heavy atom. The standard InChI is InChI=1S/C130H122N10/c1-123(2,3)77-33-49-105-93(63-77)94-64-78(124(4,5)6)34-50-106(94)137(105)87-45-57-113-101(71-87)102-72-88(138-107-51-35-79(125(7,8)9)65-95(107)96-66-80(126(10,11)12)36-52-108(96)138)46-58-114(102)135(113)85-41-29-75(30-42-85)117-118(134-122-92-28-26-62-132-120(92)119-91(121(122)133-117)27-25-61-131-119)76-31-43-86(44-32-76)136-115-59-47-89(139-109-53-37-81(127(13,14)15)67-97(109)98-68-82(128(16,17)18)38-54-110(98)139)73-103(115)104-74-90(48-60-116(104)136)140-111-55-39-83(129(19,20)21)69-99(111)100-70-84(130(22,23)24)40-56-112(100)140/h25-74H,1-24H3. The van der Waals surface area contributed by atoms with Gasteiger partial charge in [-0.1, -0.05) is 239 Å². The van der Waals surface area contributed by atoms with Crippen LogP contribution in [0, 0.1) is 0 Å². The minimum atomic E-state index is -0.0449. The monoisotopic (exact) mass is 1820 g/mol. The van der Waals surface area contributed by atoms with Crippen LogP contribution in [0.25, 0.3) is 220 Å². The molecule has 0 N–H and O–H groups in total. The van der Waals surface area contributed by atoms with Crippen LogP contribution in [0.4, 0.5) is 0 Å². The number of pyridine rings is 2. The largest absolute Gasteiger partial charge is 0.309 e. The molecule has 9 heterocycles. The van der Waals surface area contributed by atoms with Crippen molar-refractivity contribution in [1.29, 1.82) is 0 Å². The Kier molecular flexibility index (Phi) is 19.1. The zero-order valence-electron chi connectivity index (χ0n) is 85.3. The van der Waals surface area contributed by atoms with Crippen LogP contribution in [-0.4, -0.2) is 47.3 Å². The van der Waals surface area contributed by atoms with Gasteiger partial charge in [0, 0.05) is 133 Å². The summed E-state index contributed by atoms with van der Waals surface area (Å²) in [6.07, 6.45) is 3.71. The van der Waals surface area contributed by atoms with Crippen molar-refractivity contribution in [3.05, 3.63) is 348 Å². The minimum Gasteiger partial charge on any atom is -0.309 e. The van der Waals surface area contributed by atoms with Gasteiger partial charge in [-0.2, -0.15) is 0 Å². The first-order chi connectivity index (χ1) is 66.4. The Morgan fingerprint density at radius 1 is 0.157 bits per heavy atom. The molecule has 15 aromatic carbocycles. The van der Waals surface area contributed by atoms with Crippen molar-refractivity contribution in [3.8, 4) is 56.6 Å². The summed E-state index contributed by atoms with van der Waals surface area (Å²) in [4.78, 5) is 21.9. The smallest absolute Gasteiger partial charge is 0.0996 e. The Labute approximate surface area is 819 Å². The van der Waals surface area contributed by atoms with Crippen LogP contribution in [0.15, 0.2) is 304 Å². The second-order valence-electron chi connectivity index (χ2n) is 48.2. The third kappa shape index (κ3) is 14.0. The number of hydrogen-bond donors (Lipinski definition) is 0. The first-order valence-electron chi connectivity index (χ1n) is 50.0. The molecule has 0 unspecified atom stereocenters. The third-order valence-corrected chi connectivity index (χ3v) is 30.5. The molecule has 10 heteroatoms. The van der Waals surface area contributed by atoms with Gasteiger partial charge in [0.15, 0.2) is 0 Å². The molecule has 0 amide bonds. The summed E-state index contributed by atoms with van der Waals surface area (Å²) in [7, 11) is 0. The number of hydrogen-bond acceptors (Lipinski definition) is 4. The van der Waals surface area contributed by atoms with Crippen molar-refractivity contribution >= 4 is 164 Å². The fourth-order valence-electron chi connectivity index (χ4n) is 22.4. The second-order valence-corrected chi connectivity index (χ2v) is 48.2. The maximum atomic E-state index is 5.91. The van der Waals surface area contributed by atoms with E-state index < -0.39 is 0 Å². The molecule has 24 aromatic rings. The molecule has 0 radical (unpaired) electrons. The average Bonchev–Trinajstić information content (AvgIpc) is 1.57. The zero-order valence-corrected chi connectivity index (χ0v) is 85.3. The van der Waals surface area contributed by atoms with E-state index in [1.807, 2.05) is 24.5 Å². The van der Waals surface area contributed by atoms with Gasteiger partial charge in [-0.25, -0.2) is 9.97 Å². The summed E-state index contributed by atoms with van der Waals surface area (Å²) < 4.78 is 15.0. The number of aromatic nitrogens is 10. The van der Waals surface area contributed by atoms with Crippen molar-refractivity contribution in [1.82, 2.24) is 47.3 Å². The van der Waals surface area contributed by atoms with E-state index in [9.17, 15) is 0 Å². The van der Waals surface area contributed by atoms with E-state index in [-0.39, 0.29) is 43.3 Å². The summed E-state index contributed by atoms with van der Waals surface area (Å²) in [5.41, 5.74) is 37.0. The fraction of sp³-hybridized carbons (Fsp3) is 0.246. The SMILES string of the molecule is CC(C)(C)c1ccc2c(c1)c1cc(C(C)(C)C)ccc1n2-c1ccc2c(c1)c1cc(-n3c4ccc(C(C)(C)C)cc4c4cc(C(C)(C)C)ccc43)ccc1n2-c1ccc(-c2nc3c4cccnc4c4ncccc4c3nc2-c2ccc(-n3c4ccc(-n5c6ccc(C(C)(C)C)cc6c6cc(C(C)(C)C)ccc65)cc4c4cc(-n5c6ccc(C(C)(C)C)cc6c6cc(C(C)(C)C)ccc65)ccc43)cc2)cc1. The van der Waals surface area contributed by atoms with Gasteiger partial charge < -0.3 is 27.4 Å². The molecule has 0 saturated heterocycles. The van der Waals surface area contributed by atoms with Crippen LogP contribution in [0.3, 0.4) is 0 Å². The van der Waals surface area contributed by atoms with Crippen molar-refractivity contribution in [2.24, 2.45) is 0 Å². The van der Waals surface area contributed by atoms with E-state index in [0.29, 0.717) is 0 Å². The van der Waals surface area contributed by atoms with E-state index >= 15 is 0 Å². The number of rotatable bonds is 8. The molecule has 0 bridgehead atoms. The van der Waals surface area contributed by atoms with Gasteiger partial charge >= 0.3 is 0 Å². The van der Waals surface area contributed by atoms with E-state index in [2.05, 4.69) is 473 Å². The number of fused-ring (bicyclic) bond motifs is 24. The normalized spacial score (nSPS) is 13.3. The zero-order chi connectivity index (χ0) is 97.4. The van der Waals surface area contributed by atoms with E-state index in [1.165, 1.54) is 132 Å². The lowest BCUT2D eigenvalue weighted by Crippen LogP contribution is -2.10. The molecular weight excluding hydrogens is 1700 g/mol. The molecule has 9 aromatic heterocycles. The lowest BCUT2D eigenvalue weighted by Gasteiger charge is -2.19. The highest BCUT2D eigenvalue weighted by Gasteiger charge is 2.32. The Balaban J connectivity index is 0.696. The van der Waals surface area contributed by atoms with Gasteiger partial charge in [0.2, 0.25) is 0 Å². The highest BCUT2D eigenvalue weighted by atomic mass is 15.0. The molecule has 0 aliphatic heterocycles. The Hall–Kier alpha value is -14.7. The third-order valence-electron chi connectivity index (χ3n) is 30.5. The maximum Gasteiger partial charge on any atom is 0.0996 e. The molecule has 0 aliphatic carbocycles. The molecule has 140 heavy (non-hydrogen) atoms. The molecule has 0 aliphatic rings. The van der Waals surface area contributed by atoms with Gasteiger partial charge in [-0.05, 0) is 306 Å². The van der Waals surface area contributed by atoms with Gasteiger partial charge in [-0.15, -0.1) is 0 Å². The van der Waals surface area contributed by atoms with Crippen molar-refractivity contribution in [3.63, 3.8) is 0 Å². The van der Waals surface area contributed by atoms with Gasteiger partial charge in [0.1, 0.15) is 0 Å². The molecule has 0 spiro atoms. The van der Waals surface area contributed by atoms with Crippen LogP contribution in [-0.2, 0) is 43.3 Å². The average molecular weight is 1820 g/mol. The molecular formula is C130H122N10. The van der Waals surface area contributed by atoms with E-state index in [1.54, 1.807) is 0 Å². The maximum absolute atomic E-state index is 5.91. The number of nitrogens with zero attached hydrogens (tertiary/aromatic N) is 10. The second kappa shape index (κ2) is 30.4. The first-order valence-corrected chi connectivity index (χ1v) is 50.0. The van der Waals surface area contributed by atoms with Gasteiger partial charge in [0.25, 0.3) is 0 Å². The molecule has 0 atom stereocenters. The predicted molar refractivity (Wildman–Crippen MR) is 597 cm³/mol. The van der Waals surface area contributed by atoms with Crippen molar-refractivity contribution in [2.45, 2.75) is 209 Å². The minimum absolute atomic E-state index is 0.0449. The molecule has 0 saturated carbocycles. The summed E-state index contributed by atoms with van der Waals surface area (Å²) in [6.45, 7) is 55.7. The van der Waals surface area contributed by atoms with Crippen molar-refractivity contribution in [2.75, 3.05) is 0 Å². The summed E-state index contributed by atoms with van der Waals surface area (Å²) in [6, 6.07) is 112. The molecule has 24 rings (SSSR count). The van der Waals surface area contributed by atoms with E-state index in [4.69, 9.17) is 19.9 Å². The highest BCUT2D eigenvalue weighted by molar-refractivity contribution is 6.22. The number of benzene rings is 15. The molecule has 10 nitrogen and oxygen atoms in total. The summed E-state index contributed by atoms with van der Waals surface area (Å²) in [5.74, 6) is 0. The Morgan fingerprint density at radius 2 is 0.321 bits per heavy atom. The predicted octanol–water partition coefficient (Wildman–Crippen LogP) is 35.0. The highest BCUT2D eigenvalue weighted by Crippen LogP contribution is 2.49. The Bertz CT molecular complexity index is 8170. The van der Waals surface area contributed by atoms with Crippen LogP contribution >= 0.6 is 0 Å². The first kappa shape index (κ1) is 88.0. The van der Waals surface area contributed by atoms with E-state index in [0.717, 1.165) is 133 Å². The summed E-state index contributed by atoms with van der Waals surface area (Å²) >= 11 is 0.